The van der Waals surface area contributed by atoms with Crippen molar-refractivity contribution in [2.24, 2.45) is 11.1 Å². The molecular formula is C25H40N6O4. The van der Waals surface area contributed by atoms with Gasteiger partial charge in [-0.1, -0.05) is 20.8 Å². The predicted octanol–water partition coefficient (Wildman–Crippen LogP) is 0.337. The molecule has 1 aromatic rings. The number of rotatable bonds is 9. The monoisotopic (exact) mass is 488 g/mol. The zero-order chi connectivity index (χ0) is 25.4. The fraction of sp³-hybridized carbons (Fsp3) is 0.680. The highest BCUT2D eigenvalue weighted by atomic mass is 16.5. The van der Waals surface area contributed by atoms with Gasteiger partial charge in [0.15, 0.2) is 0 Å². The van der Waals surface area contributed by atoms with E-state index in [1.54, 1.807) is 23.2 Å². The molecule has 3 amide bonds. The fourth-order valence-electron chi connectivity index (χ4n) is 4.62. The zero-order valence-corrected chi connectivity index (χ0v) is 21.2. The number of nitrogens with one attached hydrogen (secondary N) is 1. The van der Waals surface area contributed by atoms with Crippen molar-refractivity contribution in [2.45, 2.75) is 45.7 Å². The molecule has 0 aromatic carbocycles. The molecule has 3 rings (SSSR count). The van der Waals surface area contributed by atoms with E-state index in [-0.39, 0.29) is 29.2 Å². The predicted molar refractivity (Wildman–Crippen MR) is 133 cm³/mol. The van der Waals surface area contributed by atoms with Crippen LogP contribution in [0.3, 0.4) is 0 Å². The standard InChI is InChI=1S/C25H40N6O4/c1-25(2,3)16-22(32)30(10-9-29-11-13-35-14-12-29)20-15-21(23(33)28-8-6-26)31(18-20)24(34)19-5-4-7-27-17-19/h4-5,7,17,20-21H,6,8-16,18,26H2,1-3H3,(H,28,33). The molecule has 10 heteroatoms. The average Bonchev–Trinajstić information content (AvgIpc) is 3.27. The fourth-order valence-corrected chi connectivity index (χ4v) is 4.62. The summed E-state index contributed by atoms with van der Waals surface area (Å²) in [5.41, 5.74) is 5.83. The van der Waals surface area contributed by atoms with E-state index in [4.69, 9.17) is 10.5 Å². The van der Waals surface area contributed by atoms with Crippen LogP contribution in [-0.2, 0) is 14.3 Å². The molecule has 0 radical (unpaired) electrons. The third kappa shape index (κ3) is 7.71. The number of hydrogen-bond acceptors (Lipinski definition) is 7. The van der Waals surface area contributed by atoms with Crippen molar-refractivity contribution in [1.82, 2.24) is 25.0 Å². The minimum absolute atomic E-state index is 0.0487. The van der Waals surface area contributed by atoms with E-state index >= 15 is 0 Å². The summed E-state index contributed by atoms with van der Waals surface area (Å²) in [6.45, 7) is 11.4. The number of aromatic nitrogens is 1. The van der Waals surface area contributed by atoms with Crippen LogP contribution < -0.4 is 11.1 Å². The number of amides is 3. The Labute approximate surface area is 208 Å². The first kappa shape index (κ1) is 27.0. The molecule has 0 saturated carbocycles. The van der Waals surface area contributed by atoms with Gasteiger partial charge >= 0.3 is 0 Å². The normalized spacial score (nSPS) is 21.1. The highest BCUT2D eigenvalue weighted by molar-refractivity contribution is 5.98. The molecule has 0 spiro atoms. The Hall–Kier alpha value is -2.56. The maximum absolute atomic E-state index is 13.5. The highest BCUT2D eigenvalue weighted by Crippen LogP contribution is 2.27. The minimum atomic E-state index is -0.674. The molecule has 0 bridgehead atoms. The summed E-state index contributed by atoms with van der Waals surface area (Å²) in [6.07, 6.45) is 3.90. The van der Waals surface area contributed by atoms with Gasteiger partial charge in [-0.15, -0.1) is 0 Å². The van der Waals surface area contributed by atoms with Gasteiger partial charge in [0.2, 0.25) is 11.8 Å². The van der Waals surface area contributed by atoms with Crippen LogP contribution in [0.1, 0.15) is 44.0 Å². The molecule has 2 fully saturated rings. The van der Waals surface area contributed by atoms with E-state index in [1.807, 2.05) is 25.7 Å². The van der Waals surface area contributed by atoms with Gasteiger partial charge in [-0.05, 0) is 24.0 Å². The maximum atomic E-state index is 13.5. The summed E-state index contributed by atoms with van der Waals surface area (Å²) in [4.78, 5) is 49.7. The van der Waals surface area contributed by atoms with Crippen LogP contribution in [0.2, 0.25) is 0 Å². The van der Waals surface area contributed by atoms with E-state index in [0.717, 1.165) is 19.6 Å². The van der Waals surface area contributed by atoms with Crippen LogP contribution in [0, 0.1) is 5.41 Å². The Bertz CT molecular complexity index is 853. The Morgan fingerprint density at radius 1 is 1.26 bits per heavy atom. The van der Waals surface area contributed by atoms with Crippen molar-refractivity contribution in [3.05, 3.63) is 30.1 Å². The van der Waals surface area contributed by atoms with E-state index < -0.39 is 6.04 Å². The molecule has 35 heavy (non-hydrogen) atoms. The van der Waals surface area contributed by atoms with Crippen LogP contribution in [0.15, 0.2) is 24.5 Å². The smallest absolute Gasteiger partial charge is 0.256 e. The second kappa shape index (κ2) is 12.4. The summed E-state index contributed by atoms with van der Waals surface area (Å²) in [6, 6.07) is 2.47. The lowest BCUT2D eigenvalue weighted by molar-refractivity contribution is -0.135. The molecule has 2 aliphatic heterocycles. The Morgan fingerprint density at radius 3 is 2.63 bits per heavy atom. The number of carbonyl (C=O) groups excluding carboxylic acids is 3. The van der Waals surface area contributed by atoms with Gasteiger partial charge < -0.3 is 25.6 Å². The summed E-state index contributed by atoms with van der Waals surface area (Å²) in [5.74, 6) is -0.455. The number of morpholine rings is 1. The molecular weight excluding hydrogens is 448 g/mol. The van der Waals surface area contributed by atoms with Crippen molar-refractivity contribution in [2.75, 3.05) is 59.0 Å². The van der Waals surface area contributed by atoms with E-state index in [9.17, 15) is 14.4 Å². The molecule has 1 aromatic heterocycles. The number of nitrogens with zero attached hydrogens (tertiary/aromatic N) is 4. The largest absolute Gasteiger partial charge is 0.379 e. The zero-order valence-electron chi connectivity index (χ0n) is 21.2. The number of pyridine rings is 1. The van der Waals surface area contributed by atoms with Gasteiger partial charge in [0.1, 0.15) is 6.04 Å². The lowest BCUT2D eigenvalue weighted by Gasteiger charge is -2.34. The minimum Gasteiger partial charge on any atom is -0.379 e. The van der Waals surface area contributed by atoms with Crippen LogP contribution in [0.25, 0.3) is 0 Å². The van der Waals surface area contributed by atoms with Crippen LogP contribution in [-0.4, -0.2) is 109 Å². The van der Waals surface area contributed by atoms with Crippen molar-refractivity contribution >= 4 is 17.7 Å². The molecule has 2 atom stereocenters. The SMILES string of the molecule is CC(C)(C)CC(=O)N(CCN1CCOCC1)C1CC(C(=O)NCCN)N(C(=O)c2cccnc2)C1. The Balaban J connectivity index is 1.82. The third-order valence-electron chi connectivity index (χ3n) is 6.40. The van der Waals surface area contributed by atoms with Crippen molar-refractivity contribution < 1.29 is 19.1 Å². The first-order chi connectivity index (χ1) is 16.7. The van der Waals surface area contributed by atoms with E-state index in [2.05, 4.69) is 15.2 Å². The Morgan fingerprint density at radius 2 is 2.00 bits per heavy atom. The van der Waals surface area contributed by atoms with Gasteiger partial charge in [-0.25, -0.2) is 0 Å². The third-order valence-corrected chi connectivity index (χ3v) is 6.40. The van der Waals surface area contributed by atoms with Gasteiger partial charge in [0, 0.05) is 64.6 Å². The number of likely N-dealkylation sites (tertiary alicyclic amines) is 1. The molecule has 0 aliphatic carbocycles. The van der Waals surface area contributed by atoms with Gasteiger partial charge in [-0.3, -0.25) is 24.3 Å². The summed E-state index contributed by atoms with van der Waals surface area (Å²) >= 11 is 0. The molecule has 3 N–H and O–H groups in total. The lowest BCUT2D eigenvalue weighted by Crippen LogP contribution is -2.48. The van der Waals surface area contributed by atoms with Crippen molar-refractivity contribution in [3.8, 4) is 0 Å². The summed E-state index contributed by atoms with van der Waals surface area (Å²) < 4.78 is 5.45. The highest BCUT2D eigenvalue weighted by Gasteiger charge is 2.43. The molecule has 2 unspecified atom stereocenters. The first-order valence-electron chi connectivity index (χ1n) is 12.5. The molecule has 2 aliphatic rings. The second-order valence-corrected chi connectivity index (χ2v) is 10.5. The van der Waals surface area contributed by atoms with Crippen LogP contribution in [0.5, 0.6) is 0 Å². The quantitative estimate of drug-likeness (QED) is 0.514. The topological polar surface area (TPSA) is 121 Å². The number of ether oxygens (including phenoxy) is 1. The average molecular weight is 489 g/mol. The number of nitrogens with two attached hydrogens (primary N) is 1. The molecule has 10 nitrogen and oxygen atoms in total. The summed E-state index contributed by atoms with van der Waals surface area (Å²) in [5, 5.41) is 2.82. The van der Waals surface area contributed by atoms with Gasteiger partial charge in [-0.2, -0.15) is 0 Å². The molecule has 3 heterocycles. The van der Waals surface area contributed by atoms with Gasteiger partial charge in [0.25, 0.3) is 5.91 Å². The lowest BCUT2D eigenvalue weighted by atomic mass is 9.91. The molecule has 194 valence electrons. The summed E-state index contributed by atoms with van der Waals surface area (Å²) in [7, 11) is 0. The van der Waals surface area contributed by atoms with Crippen LogP contribution in [0.4, 0.5) is 0 Å². The van der Waals surface area contributed by atoms with Crippen LogP contribution >= 0.6 is 0 Å². The number of hydrogen-bond donors (Lipinski definition) is 2. The van der Waals surface area contributed by atoms with E-state index in [1.165, 1.54) is 6.20 Å². The van der Waals surface area contributed by atoms with Gasteiger partial charge in [0.05, 0.1) is 24.8 Å². The maximum Gasteiger partial charge on any atom is 0.256 e. The second-order valence-electron chi connectivity index (χ2n) is 10.5. The number of carbonyl (C=O) groups is 3. The molecule has 2 saturated heterocycles. The first-order valence-corrected chi connectivity index (χ1v) is 12.5. The Kier molecular flexibility index (Phi) is 9.59. The van der Waals surface area contributed by atoms with E-state index in [0.29, 0.717) is 57.8 Å². The van der Waals surface area contributed by atoms with Crippen molar-refractivity contribution in [3.63, 3.8) is 0 Å². The van der Waals surface area contributed by atoms with Crippen molar-refractivity contribution in [1.29, 1.82) is 0 Å².